The fraction of sp³-hybridized carbons (Fsp3) is 0.545. The molecule has 1 heterocycles. The van der Waals surface area contributed by atoms with Crippen LogP contribution in [0.1, 0.15) is 12.0 Å². The second kappa shape index (κ2) is 6.60. The average Bonchev–Trinajstić information content (AvgIpc) is 2.68. The standard InChI is InChI=1S/C11H19N3OS/c1-14-5-3-9(8-14)7-13-11(15)10(12)4-6-16-2/h3,5,8,10H,4,6-7,12H2,1-2H3,(H,13,15)/t10-/m1/s1. The summed E-state index contributed by atoms with van der Waals surface area (Å²) in [6.07, 6.45) is 6.67. The molecule has 16 heavy (non-hydrogen) atoms. The van der Waals surface area contributed by atoms with Crippen LogP contribution in [-0.2, 0) is 18.4 Å². The number of nitrogens with one attached hydrogen (secondary N) is 1. The van der Waals surface area contributed by atoms with E-state index in [4.69, 9.17) is 5.73 Å². The van der Waals surface area contributed by atoms with Crippen molar-refractivity contribution in [3.63, 3.8) is 0 Å². The van der Waals surface area contributed by atoms with E-state index in [2.05, 4.69) is 5.32 Å². The Morgan fingerprint density at radius 3 is 3.00 bits per heavy atom. The molecule has 0 unspecified atom stereocenters. The summed E-state index contributed by atoms with van der Waals surface area (Å²) in [5.41, 5.74) is 6.83. The molecule has 0 spiro atoms. The van der Waals surface area contributed by atoms with E-state index in [1.165, 1.54) is 0 Å². The second-order valence-corrected chi connectivity index (χ2v) is 4.78. The van der Waals surface area contributed by atoms with Crippen molar-refractivity contribution in [2.24, 2.45) is 12.8 Å². The van der Waals surface area contributed by atoms with Gasteiger partial charge >= 0.3 is 0 Å². The lowest BCUT2D eigenvalue weighted by molar-refractivity contribution is -0.122. The molecule has 0 aliphatic rings. The highest BCUT2D eigenvalue weighted by atomic mass is 32.2. The van der Waals surface area contributed by atoms with Gasteiger partial charge in [-0.05, 0) is 30.1 Å². The molecule has 5 heteroatoms. The number of hydrogen-bond donors (Lipinski definition) is 2. The molecule has 1 amide bonds. The molecule has 1 atom stereocenters. The van der Waals surface area contributed by atoms with E-state index in [1.54, 1.807) is 11.8 Å². The van der Waals surface area contributed by atoms with Crippen molar-refractivity contribution in [3.8, 4) is 0 Å². The first-order chi connectivity index (χ1) is 7.63. The summed E-state index contributed by atoms with van der Waals surface area (Å²) in [6, 6.07) is 1.59. The molecule has 90 valence electrons. The molecule has 0 aliphatic carbocycles. The van der Waals surface area contributed by atoms with Crippen molar-refractivity contribution in [3.05, 3.63) is 24.0 Å². The van der Waals surface area contributed by atoms with Crippen LogP contribution in [-0.4, -0.2) is 28.5 Å². The van der Waals surface area contributed by atoms with Crippen molar-refractivity contribution < 1.29 is 4.79 Å². The number of thioether (sulfide) groups is 1. The number of nitrogens with zero attached hydrogens (tertiary/aromatic N) is 1. The van der Waals surface area contributed by atoms with Gasteiger partial charge in [-0.25, -0.2) is 0 Å². The largest absolute Gasteiger partial charge is 0.357 e. The first-order valence-corrected chi connectivity index (χ1v) is 6.66. The van der Waals surface area contributed by atoms with E-state index in [-0.39, 0.29) is 5.91 Å². The van der Waals surface area contributed by atoms with Crippen LogP contribution < -0.4 is 11.1 Å². The number of amides is 1. The van der Waals surface area contributed by atoms with E-state index in [9.17, 15) is 4.79 Å². The predicted molar refractivity (Wildman–Crippen MR) is 68.2 cm³/mol. The van der Waals surface area contributed by atoms with Gasteiger partial charge in [-0.2, -0.15) is 11.8 Å². The summed E-state index contributed by atoms with van der Waals surface area (Å²) in [7, 11) is 1.95. The zero-order valence-electron chi connectivity index (χ0n) is 9.77. The highest BCUT2D eigenvalue weighted by Crippen LogP contribution is 2.01. The Hall–Kier alpha value is -0.940. The minimum Gasteiger partial charge on any atom is -0.357 e. The van der Waals surface area contributed by atoms with Gasteiger partial charge in [-0.1, -0.05) is 0 Å². The predicted octanol–water partition coefficient (Wildman–Crippen LogP) is 0.722. The average molecular weight is 241 g/mol. The summed E-state index contributed by atoms with van der Waals surface area (Å²) in [6.45, 7) is 0.548. The van der Waals surface area contributed by atoms with Crippen molar-refractivity contribution in [2.75, 3.05) is 12.0 Å². The van der Waals surface area contributed by atoms with Gasteiger partial charge in [0, 0.05) is 26.0 Å². The van der Waals surface area contributed by atoms with E-state index >= 15 is 0 Å². The Kier molecular flexibility index (Phi) is 5.42. The SMILES string of the molecule is CSCC[C@@H](N)C(=O)NCc1ccn(C)c1. The summed E-state index contributed by atoms with van der Waals surface area (Å²) < 4.78 is 1.95. The maximum absolute atomic E-state index is 11.6. The monoisotopic (exact) mass is 241 g/mol. The van der Waals surface area contributed by atoms with Gasteiger partial charge in [0.05, 0.1) is 6.04 Å². The lowest BCUT2D eigenvalue weighted by Crippen LogP contribution is -2.40. The zero-order valence-corrected chi connectivity index (χ0v) is 10.6. The summed E-state index contributed by atoms with van der Waals surface area (Å²) in [5.74, 6) is 0.845. The lowest BCUT2D eigenvalue weighted by Gasteiger charge is -2.10. The molecular weight excluding hydrogens is 222 g/mol. The van der Waals surface area contributed by atoms with Crippen LogP contribution in [0.2, 0.25) is 0 Å². The molecule has 1 aromatic rings. The fourth-order valence-corrected chi connectivity index (χ4v) is 1.85. The highest BCUT2D eigenvalue weighted by molar-refractivity contribution is 7.98. The maximum atomic E-state index is 11.6. The van der Waals surface area contributed by atoms with Crippen LogP contribution in [0.4, 0.5) is 0 Å². The maximum Gasteiger partial charge on any atom is 0.237 e. The van der Waals surface area contributed by atoms with Crippen molar-refractivity contribution in [1.82, 2.24) is 9.88 Å². The van der Waals surface area contributed by atoms with E-state index in [0.29, 0.717) is 6.54 Å². The summed E-state index contributed by atoms with van der Waals surface area (Å²) >= 11 is 1.70. The molecule has 0 fully saturated rings. The van der Waals surface area contributed by atoms with Crippen LogP contribution in [0.5, 0.6) is 0 Å². The Morgan fingerprint density at radius 1 is 1.69 bits per heavy atom. The quantitative estimate of drug-likeness (QED) is 0.771. The number of rotatable bonds is 6. The smallest absolute Gasteiger partial charge is 0.237 e. The highest BCUT2D eigenvalue weighted by Gasteiger charge is 2.12. The molecule has 0 saturated heterocycles. The first-order valence-electron chi connectivity index (χ1n) is 5.26. The number of aryl methyl sites for hydroxylation is 1. The number of carbonyl (C=O) groups is 1. The molecule has 0 aliphatic heterocycles. The van der Waals surface area contributed by atoms with Gasteiger partial charge in [-0.15, -0.1) is 0 Å². The molecule has 0 aromatic carbocycles. The third-order valence-electron chi connectivity index (χ3n) is 2.33. The lowest BCUT2D eigenvalue weighted by atomic mass is 10.2. The fourth-order valence-electron chi connectivity index (χ4n) is 1.36. The minimum absolute atomic E-state index is 0.0714. The van der Waals surface area contributed by atoms with E-state index in [0.717, 1.165) is 17.7 Å². The number of aromatic nitrogens is 1. The molecule has 0 bridgehead atoms. The van der Waals surface area contributed by atoms with Crippen LogP contribution in [0, 0.1) is 0 Å². The normalized spacial score (nSPS) is 12.4. The molecule has 1 rings (SSSR count). The van der Waals surface area contributed by atoms with Crippen LogP contribution in [0.15, 0.2) is 18.5 Å². The topological polar surface area (TPSA) is 60.1 Å². The van der Waals surface area contributed by atoms with Crippen LogP contribution >= 0.6 is 11.8 Å². The Bertz CT molecular complexity index is 338. The van der Waals surface area contributed by atoms with Crippen molar-refractivity contribution in [2.45, 2.75) is 19.0 Å². The molecule has 3 N–H and O–H groups in total. The Morgan fingerprint density at radius 2 is 2.44 bits per heavy atom. The minimum atomic E-state index is -0.392. The summed E-state index contributed by atoms with van der Waals surface area (Å²) in [5, 5.41) is 2.83. The van der Waals surface area contributed by atoms with Crippen molar-refractivity contribution >= 4 is 17.7 Å². The third kappa shape index (κ3) is 4.28. The molecule has 1 aromatic heterocycles. The molecule has 4 nitrogen and oxygen atoms in total. The van der Waals surface area contributed by atoms with E-state index < -0.39 is 6.04 Å². The van der Waals surface area contributed by atoms with Crippen LogP contribution in [0.25, 0.3) is 0 Å². The van der Waals surface area contributed by atoms with Crippen molar-refractivity contribution in [1.29, 1.82) is 0 Å². The second-order valence-electron chi connectivity index (χ2n) is 3.79. The van der Waals surface area contributed by atoms with Gasteiger partial charge < -0.3 is 15.6 Å². The molecule has 0 saturated carbocycles. The van der Waals surface area contributed by atoms with Gasteiger partial charge in [-0.3, -0.25) is 4.79 Å². The van der Waals surface area contributed by atoms with Gasteiger partial charge in [0.1, 0.15) is 0 Å². The number of nitrogens with two attached hydrogens (primary N) is 1. The van der Waals surface area contributed by atoms with Gasteiger partial charge in [0.2, 0.25) is 5.91 Å². The third-order valence-corrected chi connectivity index (χ3v) is 2.97. The van der Waals surface area contributed by atoms with Gasteiger partial charge in [0.15, 0.2) is 0 Å². The number of hydrogen-bond acceptors (Lipinski definition) is 3. The molecule has 0 radical (unpaired) electrons. The molecular formula is C11H19N3OS. The summed E-state index contributed by atoms with van der Waals surface area (Å²) in [4.78, 5) is 11.6. The number of carbonyl (C=O) groups excluding carboxylic acids is 1. The Balaban J connectivity index is 2.29. The first kappa shape index (κ1) is 13.1. The Labute approximate surface area is 101 Å². The van der Waals surface area contributed by atoms with E-state index in [1.807, 2.05) is 36.3 Å². The van der Waals surface area contributed by atoms with Gasteiger partial charge in [0.25, 0.3) is 0 Å². The zero-order chi connectivity index (χ0) is 12.0. The van der Waals surface area contributed by atoms with Crippen LogP contribution in [0.3, 0.4) is 0 Å².